The van der Waals surface area contributed by atoms with E-state index < -0.39 is 0 Å². The number of pyridine rings is 1. The van der Waals surface area contributed by atoms with Crippen molar-refractivity contribution in [3.63, 3.8) is 0 Å². The molecule has 20 heavy (non-hydrogen) atoms. The molecule has 2 heterocycles. The van der Waals surface area contributed by atoms with E-state index in [0.29, 0.717) is 17.9 Å². The number of aryl methyl sites for hydroxylation is 1. The van der Waals surface area contributed by atoms with Gasteiger partial charge in [0.05, 0.1) is 0 Å². The number of aromatic amines is 1. The standard InChI is InChI=1S/C13H18N6O/c1-2-14-12-8-10(5-7-15-12)13(20)16-6-3-4-11-17-9-18-19-11/h5,7-9H,2-4,6H2,1H3,(H,14,15)(H,16,20)(H,17,18,19). The highest BCUT2D eigenvalue weighted by atomic mass is 16.1. The van der Waals surface area contributed by atoms with Crippen LogP contribution in [0.25, 0.3) is 0 Å². The van der Waals surface area contributed by atoms with Crippen LogP contribution >= 0.6 is 0 Å². The monoisotopic (exact) mass is 274 g/mol. The average Bonchev–Trinajstić information content (AvgIpc) is 2.97. The normalized spacial score (nSPS) is 10.2. The van der Waals surface area contributed by atoms with Gasteiger partial charge in [-0.1, -0.05) is 0 Å². The Morgan fingerprint density at radius 1 is 1.40 bits per heavy atom. The minimum atomic E-state index is -0.0934. The number of hydrogen-bond donors (Lipinski definition) is 3. The Labute approximate surface area is 117 Å². The third kappa shape index (κ3) is 4.04. The summed E-state index contributed by atoms with van der Waals surface area (Å²) in [6, 6.07) is 3.45. The van der Waals surface area contributed by atoms with Crippen LogP contribution < -0.4 is 10.6 Å². The predicted molar refractivity (Wildman–Crippen MR) is 75.4 cm³/mol. The first-order chi connectivity index (χ1) is 9.79. The molecule has 0 fully saturated rings. The third-order valence-corrected chi connectivity index (χ3v) is 2.72. The van der Waals surface area contributed by atoms with Crippen LogP contribution in [-0.4, -0.2) is 39.2 Å². The molecule has 2 rings (SSSR count). The summed E-state index contributed by atoms with van der Waals surface area (Å²) in [7, 11) is 0. The smallest absolute Gasteiger partial charge is 0.251 e. The van der Waals surface area contributed by atoms with Crippen molar-refractivity contribution < 1.29 is 4.79 Å². The summed E-state index contributed by atoms with van der Waals surface area (Å²) in [4.78, 5) is 20.1. The number of rotatable bonds is 7. The van der Waals surface area contributed by atoms with Crippen LogP contribution in [0.15, 0.2) is 24.7 Å². The molecule has 0 aromatic carbocycles. The summed E-state index contributed by atoms with van der Waals surface area (Å²) in [6.45, 7) is 3.35. The molecular formula is C13H18N6O. The van der Waals surface area contributed by atoms with Crippen LogP contribution in [0.2, 0.25) is 0 Å². The highest BCUT2D eigenvalue weighted by Gasteiger charge is 2.06. The fraction of sp³-hybridized carbons (Fsp3) is 0.385. The van der Waals surface area contributed by atoms with Crippen LogP contribution in [0, 0.1) is 0 Å². The van der Waals surface area contributed by atoms with Gasteiger partial charge in [0, 0.05) is 31.3 Å². The van der Waals surface area contributed by atoms with Crippen LogP contribution in [0.5, 0.6) is 0 Å². The van der Waals surface area contributed by atoms with Gasteiger partial charge >= 0.3 is 0 Å². The SMILES string of the molecule is CCNc1cc(C(=O)NCCCc2ncn[nH]2)ccn1. The largest absolute Gasteiger partial charge is 0.370 e. The Kier molecular flexibility index (Phi) is 5.05. The molecule has 2 aromatic heterocycles. The van der Waals surface area contributed by atoms with Gasteiger partial charge in [0.2, 0.25) is 0 Å². The van der Waals surface area contributed by atoms with E-state index in [1.165, 1.54) is 6.33 Å². The van der Waals surface area contributed by atoms with Crippen molar-refractivity contribution in [2.75, 3.05) is 18.4 Å². The van der Waals surface area contributed by atoms with Crippen molar-refractivity contribution in [3.8, 4) is 0 Å². The summed E-state index contributed by atoms with van der Waals surface area (Å²) in [5.74, 6) is 1.45. The zero-order valence-corrected chi connectivity index (χ0v) is 11.4. The van der Waals surface area contributed by atoms with E-state index in [1.54, 1.807) is 18.3 Å². The molecule has 1 amide bonds. The highest BCUT2D eigenvalue weighted by Crippen LogP contribution is 2.06. The second kappa shape index (κ2) is 7.22. The summed E-state index contributed by atoms with van der Waals surface area (Å²) in [6.07, 6.45) is 4.68. The Morgan fingerprint density at radius 3 is 3.05 bits per heavy atom. The quantitative estimate of drug-likeness (QED) is 0.654. The Bertz CT molecular complexity index is 540. The van der Waals surface area contributed by atoms with Crippen molar-refractivity contribution in [2.24, 2.45) is 0 Å². The van der Waals surface area contributed by atoms with E-state index in [-0.39, 0.29) is 5.91 Å². The number of nitrogens with one attached hydrogen (secondary N) is 3. The number of amides is 1. The minimum Gasteiger partial charge on any atom is -0.370 e. The molecule has 0 saturated carbocycles. The Hall–Kier alpha value is -2.44. The second-order valence-corrected chi connectivity index (χ2v) is 4.25. The van der Waals surface area contributed by atoms with Crippen LogP contribution in [-0.2, 0) is 6.42 Å². The number of anilines is 1. The Balaban J connectivity index is 1.78. The molecule has 0 saturated heterocycles. The van der Waals surface area contributed by atoms with Gasteiger partial charge in [-0.2, -0.15) is 5.10 Å². The molecule has 0 radical (unpaired) electrons. The number of aromatic nitrogens is 4. The molecular weight excluding hydrogens is 256 g/mol. The van der Waals surface area contributed by atoms with Crippen molar-refractivity contribution in [2.45, 2.75) is 19.8 Å². The molecule has 3 N–H and O–H groups in total. The van der Waals surface area contributed by atoms with Crippen molar-refractivity contribution in [1.29, 1.82) is 0 Å². The first-order valence-corrected chi connectivity index (χ1v) is 6.62. The zero-order chi connectivity index (χ0) is 14.2. The Morgan fingerprint density at radius 2 is 2.30 bits per heavy atom. The van der Waals surface area contributed by atoms with E-state index in [1.807, 2.05) is 6.92 Å². The van der Waals surface area contributed by atoms with Gasteiger partial charge in [0.25, 0.3) is 5.91 Å². The van der Waals surface area contributed by atoms with Gasteiger partial charge in [-0.15, -0.1) is 0 Å². The second-order valence-electron chi connectivity index (χ2n) is 4.25. The molecule has 0 bridgehead atoms. The maximum absolute atomic E-state index is 12.0. The maximum Gasteiger partial charge on any atom is 0.251 e. The third-order valence-electron chi connectivity index (χ3n) is 2.72. The van der Waals surface area contributed by atoms with E-state index in [4.69, 9.17) is 0 Å². The van der Waals surface area contributed by atoms with Crippen molar-refractivity contribution in [3.05, 3.63) is 36.0 Å². The molecule has 0 aliphatic carbocycles. The first kappa shape index (κ1) is 14.0. The summed E-state index contributed by atoms with van der Waals surface area (Å²) in [5, 5.41) is 12.5. The predicted octanol–water partition coefficient (Wildman–Crippen LogP) is 0.994. The molecule has 0 aliphatic rings. The molecule has 106 valence electrons. The summed E-state index contributed by atoms with van der Waals surface area (Å²) in [5.41, 5.74) is 0.607. The topological polar surface area (TPSA) is 95.6 Å². The van der Waals surface area contributed by atoms with Gasteiger partial charge in [0.1, 0.15) is 18.0 Å². The van der Waals surface area contributed by atoms with Gasteiger partial charge < -0.3 is 10.6 Å². The van der Waals surface area contributed by atoms with Crippen LogP contribution in [0.4, 0.5) is 5.82 Å². The highest BCUT2D eigenvalue weighted by molar-refractivity contribution is 5.94. The maximum atomic E-state index is 12.0. The number of hydrogen-bond acceptors (Lipinski definition) is 5. The number of carbonyl (C=O) groups is 1. The van der Waals surface area contributed by atoms with Crippen LogP contribution in [0.1, 0.15) is 29.5 Å². The molecule has 0 aliphatic heterocycles. The average molecular weight is 274 g/mol. The van der Waals surface area contributed by atoms with Crippen molar-refractivity contribution >= 4 is 11.7 Å². The lowest BCUT2D eigenvalue weighted by Gasteiger charge is -2.06. The number of H-pyrrole nitrogens is 1. The molecule has 7 heteroatoms. The lowest BCUT2D eigenvalue weighted by atomic mass is 10.2. The van der Waals surface area contributed by atoms with E-state index in [2.05, 4.69) is 30.8 Å². The fourth-order valence-electron chi connectivity index (χ4n) is 1.76. The molecule has 0 unspecified atom stereocenters. The lowest BCUT2D eigenvalue weighted by Crippen LogP contribution is -2.25. The van der Waals surface area contributed by atoms with Crippen LogP contribution in [0.3, 0.4) is 0 Å². The summed E-state index contributed by atoms with van der Waals surface area (Å²) < 4.78 is 0. The van der Waals surface area contributed by atoms with E-state index in [0.717, 1.165) is 25.2 Å². The molecule has 0 atom stereocenters. The van der Waals surface area contributed by atoms with Gasteiger partial charge in [-0.25, -0.2) is 9.97 Å². The lowest BCUT2D eigenvalue weighted by molar-refractivity contribution is 0.0953. The molecule has 0 spiro atoms. The van der Waals surface area contributed by atoms with Gasteiger partial charge in [-0.05, 0) is 25.5 Å². The summed E-state index contributed by atoms with van der Waals surface area (Å²) >= 11 is 0. The van der Waals surface area contributed by atoms with E-state index >= 15 is 0 Å². The number of carbonyl (C=O) groups excluding carboxylic acids is 1. The van der Waals surface area contributed by atoms with Gasteiger partial charge in [-0.3, -0.25) is 9.89 Å². The fourth-order valence-corrected chi connectivity index (χ4v) is 1.76. The zero-order valence-electron chi connectivity index (χ0n) is 11.4. The number of nitrogens with zero attached hydrogens (tertiary/aromatic N) is 3. The van der Waals surface area contributed by atoms with E-state index in [9.17, 15) is 4.79 Å². The first-order valence-electron chi connectivity index (χ1n) is 6.62. The van der Waals surface area contributed by atoms with Crippen molar-refractivity contribution in [1.82, 2.24) is 25.5 Å². The van der Waals surface area contributed by atoms with Gasteiger partial charge in [0.15, 0.2) is 0 Å². The molecule has 2 aromatic rings. The molecule has 7 nitrogen and oxygen atoms in total. The minimum absolute atomic E-state index is 0.0934.